The number of hydrogen-bond acceptors (Lipinski definition) is 9. The number of morpholine rings is 1. The molecule has 0 N–H and O–H groups in total. The maximum atomic E-state index is 13.7. The summed E-state index contributed by atoms with van der Waals surface area (Å²) in [7, 11) is -3.09. The van der Waals surface area contributed by atoms with Crippen molar-refractivity contribution in [3.8, 4) is 0 Å². The minimum absolute atomic E-state index is 0.0407. The van der Waals surface area contributed by atoms with Crippen molar-refractivity contribution in [2.45, 2.75) is 32.2 Å². The third-order valence-corrected chi connectivity index (χ3v) is 8.74. The van der Waals surface area contributed by atoms with Gasteiger partial charge in [-0.15, -0.1) is 0 Å². The molecule has 3 rings (SSSR count). The van der Waals surface area contributed by atoms with Crippen molar-refractivity contribution in [1.82, 2.24) is 13.8 Å². The van der Waals surface area contributed by atoms with Gasteiger partial charge in [0.15, 0.2) is 5.78 Å². The van der Waals surface area contributed by atoms with Crippen molar-refractivity contribution < 1.29 is 32.4 Å². The topological polar surface area (TPSA) is 141 Å². The summed E-state index contributed by atoms with van der Waals surface area (Å²) in [5.41, 5.74) is 0.825. The highest BCUT2D eigenvalue weighted by Gasteiger charge is 2.33. The van der Waals surface area contributed by atoms with Crippen LogP contribution >= 0.6 is 11.6 Å². The van der Waals surface area contributed by atoms with Crippen LogP contribution < -0.4 is 0 Å². The van der Waals surface area contributed by atoms with Crippen molar-refractivity contribution >= 4 is 39.1 Å². The first-order chi connectivity index (χ1) is 17.9. The van der Waals surface area contributed by atoms with Gasteiger partial charge in [0.25, 0.3) is 5.69 Å². The van der Waals surface area contributed by atoms with Crippen LogP contribution in [0.5, 0.6) is 0 Å². The van der Waals surface area contributed by atoms with Crippen molar-refractivity contribution in [2.24, 2.45) is 0 Å². The number of benzene rings is 1. The number of ether oxygens (including phenoxy) is 2. The number of aromatic nitrogens is 1. The molecule has 38 heavy (non-hydrogen) atoms. The van der Waals surface area contributed by atoms with E-state index in [1.165, 1.54) is 13.2 Å². The van der Waals surface area contributed by atoms with Crippen LogP contribution in [0.3, 0.4) is 0 Å². The molecule has 0 aliphatic carbocycles. The van der Waals surface area contributed by atoms with Crippen LogP contribution in [0.1, 0.15) is 39.0 Å². The van der Waals surface area contributed by atoms with Crippen molar-refractivity contribution in [2.75, 3.05) is 53.0 Å². The van der Waals surface area contributed by atoms with E-state index in [1.54, 1.807) is 18.4 Å². The second-order valence-corrected chi connectivity index (χ2v) is 11.1. The highest BCUT2D eigenvalue weighted by atomic mass is 35.5. The zero-order valence-electron chi connectivity index (χ0n) is 21.7. The van der Waals surface area contributed by atoms with Gasteiger partial charge >= 0.3 is 5.97 Å². The van der Waals surface area contributed by atoms with E-state index >= 15 is 0 Å². The third-order valence-electron chi connectivity index (χ3n) is 6.58. The zero-order valence-corrected chi connectivity index (χ0v) is 23.3. The summed E-state index contributed by atoms with van der Waals surface area (Å²) in [6.45, 7) is 7.51. The van der Waals surface area contributed by atoms with Crippen LogP contribution in [0.4, 0.5) is 5.69 Å². The van der Waals surface area contributed by atoms with Crippen LogP contribution in [0, 0.1) is 24.0 Å². The Hall–Kier alpha value is -2.84. The second kappa shape index (κ2) is 12.3. The lowest BCUT2D eigenvalue weighted by Gasteiger charge is -2.29. The van der Waals surface area contributed by atoms with E-state index in [9.17, 15) is 28.1 Å². The van der Waals surface area contributed by atoms with Gasteiger partial charge in [0.2, 0.25) is 10.0 Å². The number of Topliss-reactive ketones (excluding diaryl/α,β-unsaturated/α-hetero) is 1. The Labute approximate surface area is 226 Å². The van der Waals surface area contributed by atoms with Gasteiger partial charge in [0.1, 0.15) is 10.7 Å². The largest absolute Gasteiger partial charge is 0.464 e. The number of carbonyl (C=O) groups excluding carboxylic acids is 2. The zero-order chi connectivity index (χ0) is 28.2. The van der Waals surface area contributed by atoms with Crippen LogP contribution in [-0.4, -0.2) is 91.9 Å². The van der Waals surface area contributed by atoms with E-state index in [-0.39, 0.29) is 27.7 Å². The number of halogens is 1. The Bertz CT molecular complexity index is 1340. The number of esters is 1. The highest BCUT2D eigenvalue weighted by molar-refractivity contribution is 7.89. The Kier molecular flexibility index (Phi) is 9.65. The lowest BCUT2D eigenvalue weighted by Crippen LogP contribution is -2.44. The Morgan fingerprint density at radius 3 is 2.47 bits per heavy atom. The number of ketones is 1. The fraction of sp³-hybridized carbons (Fsp3) is 0.500. The number of nitro benzene ring substituents is 1. The molecule has 0 atom stereocenters. The molecule has 14 heteroatoms. The molecule has 208 valence electrons. The maximum Gasteiger partial charge on any atom is 0.354 e. The van der Waals surface area contributed by atoms with Gasteiger partial charge < -0.3 is 14.0 Å². The normalized spacial score (nSPS) is 14.6. The minimum Gasteiger partial charge on any atom is -0.464 e. The summed E-state index contributed by atoms with van der Waals surface area (Å²) < 4.78 is 40.3. The van der Waals surface area contributed by atoms with Crippen molar-refractivity contribution in [3.63, 3.8) is 0 Å². The molecule has 12 nitrogen and oxygen atoms in total. The third kappa shape index (κ3) is 6.07. The van der Waals surface area contributed by atoms with Gasteiger partial charge in [-0.2, -0.15) is 4.31 Å². The second-order valence-electron chi connectivity index (χ2n) is 8.76. The molecule has 1 aliphatic heterocycles. The molecule has 1 aliphatic rings. The summed E-state index contributed by atoms with van der Waals surface area (Å²) in [6.07, 6.45) is 0. The Morgan fingerprint density at radius 1 is 1.24 bits per heavy atom. The molecule has 0 bridgehead atoms. The predicted octanol–water partition coefficient (Wildman–Crippen LogP) is 2.68. The lowest BCUT2D eigenvalue weighted by atomic mass is 10.1. The lowest BCUT2D eigenvalue weighted by molar-refractivity contribution is -0.384. The summed E-state index contributed by atoms with van der Waals surface area (Å²) in [4.78, 5) is 38.3. The molecule has 0 radical (unpaired) electrons. The summed E-state index contributed by atoms with van der Waals surface area (Å²) in [5.74, 6) is -1.11. The van der Waals surface area contributed by atoms with Gasteiger partial charge in [-0.3, -0.25) is 19.8 Å². The van der Waals surface area contributed by atoms with Crippen LogP contribution in [-0.2, 0) is 26.0 Å². The Morgan fingerprint density at radius 2 is 1.89 bits per heavy atom. The molecule has 1 saturated heterocycles. The first-order valence-electron chi connectivity index (χ1n) is 12.0. The monoisotopic (exact) mass is 570 g/mol. The number of nitro groups is 1. The summed E-state index contributed by atoms with van der Waals surface area (Å²) in [6, 6.07) is 3.21. The molecule has 2 aromatic rings. The number of hydrogen-bond donors (Lipinski definition) is 0. The van der Waals surface area contributed by atoms with Crippen LogP contribution in [0.2, 0.25) is 5.02 Å². The molecule has 2 heterocycles. The molecule has 0 saturated carbocycles. The van der Waals surface area contributed by atoms with Crippen LogP contribution in [0.25, 0.3) is 0 Å². The number of methoxy groups -OCH3 is 1. The fourth-order valence-corrected chi connectivity index (χ4v) is 6.20. The van der Waals surface area contributed by atoms with Gasteiger partial charge in [0.05, 0.1) is 36.7 Å². The van der Waals surface area contributed by atoms with E-state index in [1.807, 2.05) is 11.8 Å². The van der Waals surface area contributed by atoms with E-state index in [4.69, 9.17) is 21.1 Å². The summed E-state index contributed by atoms with van der Waals surface area (Å²) in [5, 5.41) is 11.2. The SMILES string of the molecule is CCn1c(C)c(C(=O)CN(CCN2CCOCC2)S(=O)(=O)c2ccc(Cl)c([N+](=O)[O-])c2)c(C)c1C(=O)OC. The number of nitrogens with zero attached hydrogens (tertiary/aromatic N) is 4. The van der Waals surface area contributed by atoms with Crippen LogP contribution in [0.15, 0.2) is 23.1 Å². The quantitative estimate of drug-likeness (QED) is 0.172. The van der Waals surface area contributed by atoms with E-state index in [2.05, 4.69) is 0 Å². The molecule has 1 aromatic heterocycles. The first-order valence-corrected chi connectivity index (χ1v) is 13.8. The van der Waals surface area contributed by atoms with Crippen molar-refractivity contribution in [1.29, 1.82) is 0 Å². The molecule has 1 fully saturated rings. The fourth-order valence-electron chi connectivity index (χ4n) is 4.60. The molecule has 1 aromatic carbocycles. The minimum atomic E-state index is -4.34. The number of sulfonamides is 1. The van der Waals surface area contributed by atoms with Gasteiger partial charge in [-0.25, -0.2) is 13.2 Å². The average Bonchev–Trinajstić information content (AvgIpc) is 3.15. The van der Waals surface area contributed by atoms with Gasteiger partial charge in [-0.1, -0.05) is 11.6 Å². The predicted molar refractivity (Wildman–Crippen MR) is 139 cm³/mol. The highest BCUT2D eigenvalue weighted by Crippen LogP contribution is 2.29. The number of rotatable bonds is 11. The molecular formula is C24H31ClN4O8S. The molecular weight excluding hydrogens is 540 g/mol. The van der Waals surface area contributed by atoms with E-state index < -0.39 is 38.9 Å². The molecule has 0 amide bonds. The van der Waals surface area contributed by atoms with Crippen molar-refractivity contribution in [3.05, 3.63) is 55.9 Å². The first kappa shape index (κ1) is 29.7. The maximum absolute atomic E-state index is 13.7. The summed E-state index contributed by atoms with van der Waals surface area (Å²) >= 11 is 5.89. The Balaban J connectivity index is 2.01. The van der Waals surface area contributed by atoms with E-state index in [0.29, 0.717) is 50.7 Å². The van der Waals surface area contributed by atoms with Gasteiger partial charge in [-0.05, 0) is 38.5 Å². The molecule has 0 unspecified atom stereocenters. The number of carbonyl (C=O) groups is 2. The standard InChI is InChI=1S/C24H31ClN4O8S/c1-5-28-17(3)22(16(2)23(28)24(31)36-4)21(30)15-27(9-8-26-10-12-37-13-11-26)38(34,35)18-6-7-19(25)20(14-18)29(32)33/h6-7,14H,5,8-13,15H2,1-4H3. The smallest absolute Gasteiger partial charge is 0.354 e. The van der Waals surface area contributed by atoms with E-state index in [0.717, 1.165) is 16.4 Å². The molecule has 0 spiro atoms. The van der Waals surface area contributed by atoms with Gasteiger partial charge in [0, 0.05) is 50.0 Å². The average molecular weight is 571 g/mol.